The maximum atomic E-state index is 11.0. The molecule has 0 radical (unpaired) electrons. The minimum Gasteiger partial charge on any atom is -0.396 e. The summed E-state index contributed by atoms with van der Waals surface area (Å²) in [6.45, 7) is -0.729. The fraction of sp³-hybridized carbons (Fsp3) is 0.129. The van der Waals surface area contributed by atoms with E-state index in [9.17, 15) is 18.5 Å². The topological polar surface area (TPSA) is 355 Å². The van der Waals surface area contributed by atoms with Gasteiger partial charge in [0.15, 0.2) is 15.0 Å². The van der Waals surface area contributed by atoms with E-state index in [2.05, 4.69) is 24.9 Å². The predicted molar refractivity (Wildman–Crippen MR) is 202 cm³/mol. The molecule has 0 aliphatic rings. The van der Waals surface area contributed by atoms with Crippen LogP contribution in [0.15, 0.2) is 109 Å². The summed E-state index contributed by atoms with van der Waals surface area (Å²) in [5.74, 6) is 0.885. The van der Waals surface area contributed by atoms with E-state index in [1.165, 1.54) is 18.2 Å². The molecular weight excluding hydrogens is 774 g/mol. The van der Waals surface area contributed by atoms with E-state index in [1.807, 2.05) is 36.4 Å². The molecule has 0 amide bonds. The maximum Gasteiger partial charge on any atom is 0.394 e. The Bertz CT molecular complexity index is 2190. The SMILES string of the molecule is CS(=O)(=O)c1cccc([N+](=O)[O-])c1.Clc1nccc2cccnc12.Nc1cccnc1N.Nc1nccc2cccnc12.O=S(=O)(O)O.OCC(O)CO. The zero-order chi connectivity index (χ0) is 40.9. The number of sulfone groups is 1. The summed E-state index contributed by atoms with van der Waals surface area (Å²) in [4.78, 5) is 29.4. The summed E-state index contributed by atoms with van der Waals surface area (Å²) in [6, 6.07) is 19.8. The molecule has 0 unspecified atom stereocenters. The number of non-ortho nitro benzene ring substituents is 1. The van der Waals surface area contributed by atoms with Crippen LogP contribution in [0.3, 0.4) is 0 Å². The van der Waals surface area contributed by atoms with E-state index in [-0.39, 0.29) is 23.8 Å². The molecule has 0 bridgehead atoms. The second-order valence-electron chi connectivity index (χ2n) is 9.92. The molecule has 20 nitrogen and oxygen atoms in total. The fourth-order valence-corrected chi connectivity index (χ4v) is 4.18. The molecule has 0 fully saturated rings. The Labute approximate surface area is 313 Å². The van der Waals surface area contributed by atoms with Gasteiger partial charge in [0.1, 0.15) is 28.8 Å². The minimum absolute atomic E-state index is 0.0401. The standard InChI is InChI=1S/C8H5ClN2.C8H7N3.C7H7NO4S.C5H7N3.C3H8O3.H2O4S/c2*9-8-7-6(3-5-11-8)2-1-4-10-7;1-13(11,12)7-4-2-3-6(5-7)8(9)10;6-4-2-1-3-8-5(4)7;4-1-3(6)2-5;1-5(2,3)4/h1-5H;1-5H,(H2,9,11);2-5H,1H3;1-3H,6H2,(H2,7,8);3-6H,1-2H2;(H2,1,2,3,4). The first-order chi connectivity index (χ1) is 25.3. The van der Waals surface area contributed by atoms with Crippen molar-refractivity contribution in [2.45, 2.75) is 11.0 Å². The number of benzene rings is 1. The summed E-state index contributed by atoms with van der Waals surface area (Å²) in [5, 5.41) is 36.8. The molecular formula is C31H36ClN9O11S2. The first-order valence-corrected chi connectivity index (χ1v) is 18.3. The Morgan fingerprint density at radius 1 is 0.722 bits per heavy atom. The summed E-state index contributed by atoms with van der Waals surface area (Å²) in [7, 11) is -8.03. The van der Waals surface area contributed by atoms with Gasteiger partial charge in [-0.2, -0.15) is 8.42 Å². The van der Waals surface area contributed by atoms with Crippen LogP contribution in [0, 0.1) is 10.1 Å². The first-order valence-electron chi connectivity index (χ1n) is 14.6. The van der Waals surface area contributed by atoms with Crippen LogP contribution in [0.1, 0.15) is 0 Å². The number of aliphatic hydroxyl groups excluding tert-OH is 3. The molecule has 0 aliphatic carbocycles. The van der Waals surface area contributed by atoms with Gasteiger partial charge in [0.05, 0.1) is 28.7 Å². The van der Waals surface area contributed by atoms with Crippen LogP contribution in [-0.2, 0) is 20.2 Å². The summed E-state index contributed by atoms with van der Waals surface area (Å²) >= 11 is 5.78. The van der Waals surface area contributed by atoms with Crippen molar-refractivity contribution < 1.29 is 46.2 Å². The largest absolute Gasteiger partial charge is 0.396 e. The second-order valence-corrected chi connectivity index (χ2v) is 13.2. The number of nitrogens with zero attached hydrogens (tertiary/aromatic N) is 6. The Kier molecular flexibility index (Phi) is 19.8. The zero-order valence-corrected chi connectivity index (χ0v) is 30.5. The highest BCUT2D eigenvalue weighted by Gasteiger charge is 2.12. The minimum atomic E-state index is -4.67. The molecule has 0 spiro atoms. The molecule has 5 heterocycles. The molecule has 6 aromatic rings. The van der Waals surface area contributed by atoms with Gasteiger partial charge < -0.3 is 32.5 Å². The number of fused-ring (bicyclic) bond motifs is 2. The number of aliphatic hydroxyl groups is 3. The third kappa shape index (κ3) is 18.7. The fourth-order valence-electron chi connectivity index (χ4n) is 3.31. The summed E-state index contributed by atoms with van der Waals surface area (Å²) < 4.78 is 53.6. The first kappa shape index (κ1) is 46.3. The van der Waals surface area contributed by atoms with Gasteiger partial charge >= 0.3 is 10.4 Å². The average Bonchev–Trinajstić information content (AvgIpc) is 3.13. The van der Waals surface area contributed by atoms with Crippen LogP contribution < -0.4 is 17.2 Å². The number of hydrogen-bond acceptors (Lipinski definition) is 17. The van der Waals surface area contributed by atoms with Gasteiger partial charge in [-0.1, -0.05) is 29.8 Å². The van der Waals surface area contributed by atoms with Crippen LogP contribution in [0.25, 0.3) is 21.8 Å². The number of nitrogen functional groups attached to an aromatic ring is 3. The highest BCUT2D eigenvalue weighted by Crippen LogP contribution is 2.18. The number of nitro groups is 1. The van der Waals surface area contributed by atoms with Crippen LogP contribution in [0.5, 0.6) is 0 Å². The van der Waals surface area contributed by atoms with E-state index in [0.717, 1.165) is 34.1 Å². The van der Waals surface area contributed by atoms with E-state index < -0.39 is 31.3 Å². The van der Waals surface area contributed by atoms with Gasteiger partial charge in [-0.05, 0) is 42.5 Å². The highest BCUT2D eigenvalue weighted by molar-refractivity contribution is 7.90. The van der Waals surface area contributed by atoms with Crippen molar-refractivity contribution in [3.63, 3.8) is 0 Å². The third-order valence-electron chi connectivity index (χ3n) is 5.77. The number of aromatic nitrogens is 5. The average molecular weight is 810 g/mol. The number of halogens is 1. The molecule has 0 saturated carbocycles. The van der Waals surface area contributed by atoms with Crippen LogP contribution in [0.2, 0.25) is 5.15 Å². The molecule has 23 heteroatoms. The van der Waals surface area contributed by atoms with Crippen molar-refractivity contribution in [3.05, 3.63) is 119 Å². The van der Waals surface area contributed by atoms with Gasteiger partial charge in [-0.25, -0.2) is 23.4 Å². The lowest BCUT2D eigenvalue weighted by atomic mass is 10.2. The maximum absolute atomic E-state index is 11.0. The van der Waals surface area contributed by atoms with Crippen molar-refractivity contribution in [2.75, 3.05) is 36.7 Å². The molecule has 11 N–H and O–H groups in total. The quantitative estimate of drug-likeness (QED) is 0.0548. The van der Waals surface area contributed by atoms with Crippen molar-refractivity contribution in [2.24, 2.45) is 0 Å². The monoisotopic (exact) mass is 809 g/mol. The van der Waals surface area contributed by atoms with Crippen molar-refractivity contribution >= 4 is 76.7 Å². The Balaban J connectivity index is 0.000000333. The molecule has 54 heavy (non-hydrogen) atoms. The Hall–Kier alpha value is -5.72. The van der Waals surface area contributed by atoms with Gasteiger partial charge in [-0.3, -0.25) is 29.2 Å². The van der Waals surface area contributed by atoms with Crippen molar-refractivity contribution in [1.29, 1.82) is 0 Å². The van der Waals surface area contributed by atoms with Crippen LogP contribution >= 0.6 is 11.6 Å². The number of hydrogen-bond donors (Lipinski definition) is 8. The van der Waals surface area contributed by atoms with E-state index in [0.29, 0.717) is 22.5 Å². The van der Waals surface area contributed by atoms with Gasteiger partial charge in [-0.15, -0.1) is 0 Å². The normalized spacial score (nSPS) is 10.4. The van der Waals surface area contributed by atoms with Gasteiger partial charge in [0.25, 0.3) is 5.69 Å². The smallest absolute Gasteiger partial charge is 0.394 e. The molecule has 1 aromatic carbocycles. The Morgan fingerprint density at radius 3 is 1.63 bits per heavy atom. The van der Waals surface area contributed by atoms with Gasteiger partial charge in [0, 0.05) is 60.1 Å². The number of pyridine rings is 5. The summed E-state index contributed by atoms with van der Waals surface area (Å²) in [6.07, 6.45) is 8.42. The molecule has 0 saturated heterocycles. The molecule has 5 aromatic heterocycles. The number of anilines is 3. The van der Waals surface area contributed by atoms with Crippen molar-refractivity contribution in [1.82, 2.24) is 24.9 Å². The van der Waals surface area contributed by atoms with E-state index in [4.69, 9.17) is 61.6 Å². The number of nitrogens with two attached hydrogens (primary N) is 3. The number of rotatable bonds is 4. The van der Waals surface area contributed by atoms with E-state index in [1.54, 1.807) is 43.1 Å². The predicted octanol–water partition coefficient (Wildman–Crippen LogP) is 2.42. The zero-order valence-electron chi connectivity index (χ0n) is 28.1. The number of nitro benzene ring substituents is 1. The van der Waals surface area contributed by atoms with Crippen molar-refractivity contribution in [3.8, 4) is 0 Å². The lowest BCUT2D eigenvalue weighted by molar-refractivity contribution is -0.385. The van der Waals surface area contributed by atoms with Gasteiger partial charge in [0.2, 0.25) is 0 Å². The summed E-state index contributed by atoms with van der Waals surface area (Å²) in [5.41, 5.74) is 18.0. The van der Waals surface area contributed by atoms with E-state index >= 15 is 0 Å². The van der Waals surface area contributed by atoms with Crippen LogP contribution in [0.4, 0.5) is 23.0 Å². The molecule has 6 rings (SSSR count). The lowest BCUT2D eigenvalue weighted by Gasteiger charge is -1.96. The molecule has 290 valence electrons. The molecule has 0 aliphatic heterocycles. The third-order valence-corrected chi connectivity index (χ3v) is 7.16. The molecule has 0 atom stereocenters. The second kappa shape index (κ2) is 23.1. The lowest BCUT2D eigenvalue weighted by Crippen LogP contribution is -2.15. The van der Waals surface area contributed by atoms with Crippen LogP contribution in [-0.4, -0.2) is 96.7 Å². The Morgan fingerprint density at radius 2 is 1.20 bits per heavy atom. The highest BCUT2D eigenvalue weighted by atomic mass is 35.5.